The maximum Gasteiger partial charge on any atom is 0.329 e. The zero-order valence-electron chi connectivity index (χ0n) is 45.4. The van der Waals surface area contributed by atoms with Crippen LogP contribution in [-0.4, -0.2) is 151 Å². The molecule has 0 radical (unpaired) electrons. The van der Waals surface area contributed by atoms with E-state index in [1.54, 1.807) is 54.6 Å². The third kappa shape index (κ3) is 18.1. The van der Waals surface area contributed by atoms with Crippen molar-refractivity contribution in [2.75, 3.05) is 35.3 Å². The summed E-state index contributed by atoms with van der Waals surface area (Å²) in [7, 11) is 7.05. The molecule has 402 valence electrons. The minimum Gasteiger partial charge on any atom is -0.497 e. The third-order valence-electron chi connectivity index (χ3n) is 12.3. The molecular weight excluding hydrogens is 925 g/mol. The van der Waals surface area contributed by atoms with Crippen molar-refractivity contribution in [3.63, 3.8) is 0 Å². The fourth-order valence-corrected chi connectivity index (χ4v) is 8.28. The molecular formula is C55H84N4O13. The summed E-state index contributed by atoms with van der Waals surface area (Å²) < 4.78 is 29.1. The molecule has 4 amide bonds. The fourth-order valence-electron chi connectivity index (χ4n) is 8.28. The lowest BCUT2D eigenvalue weighted by molar-refractivity contribution is -0.176. The average molecular weight is 1010 g/mol. The monoisotopic (exact) mass is 1010 g/mol. The number of amides is 4. The van der Waals surface area contributed by atoms with Crippen LogP contribution in [0.2, 0.25) is 0 Å². The molecule has 1 aliphatic rings. The number of benzene rings is 2. The number of hydrogen-bond acceptors (Lipinski definition) is 13. The van der Waals surface area contributed by atoms with Crippen molar-refractivity contribution < 1.29 is 63.5 Å². The summed E-state index contributed by atoms with van der Waals surface area (Å²) in [6, 6.07) is 10.6. The first-order chi connectivity index (χ1) is 33.8. The number of rotatable bonds is 13. The summed E-state index contributed by atoms with van der Waals surface area (Å²) in [5, 5.41) is 0. The van der Waals surface area contributed by atoms with Gasteiger partial charge < -0.3 is 43.3 Å². The first-order valence-electron chi connectivity index (χ1n) is 24.8. The Morgan fingerprint density at radius 1 is 0.458 bits per heavy atom. The van der Waals surface area contributed by atoms with Crippen LogP contribution in [0.15, 0.2) is 67.8 Å². The van der Waals surface area contributed by atoms with E-state index in [2.05, 4.69) is 13.2 Å². The van der Waals surface area contributed by atoms with Crippen LogP contribution in [0.5, 0.6) is 5.75 Å². The van der Waals surface area contributed by atoms with Crippen molar-refractivity contribution in [1.82, 2.24) is 19.6 Å². The van der Waals surface area contributed by atoms with E-state index in [0.717, 1.165) is 19.6 Å². The van der Waals surface area contributed by atoms with Crippen LogP contribution in [0.25, 0.3) is 0 Å². The summed E-state index contributed by atoms with van der Waals surface area (Å²) in [5.41, 5.74) is 1.23. The van der Waals surface area contributed by atoms with Gasteiger partial charge in [0.05, 0.1) is 7.11 Å². The highest BCUT2D eigenvalue weighted by atomic mass is 16.6. The maximum absolute atomic E-state index is 14.7. The van der Waals surface area contributed by atoms with Gasteiger partial charge in [-0.25, -0.2) is 19.2 Å². The lowest BCUT2D eigenvalue weighted by Gasteiger charge is -2.35. The summed E-state index contributed by atoms with van der Waals surface area (Å²) in [6.07, 6.45) is -5.74. The van der Waals surface area contributed by atoms with Crippen LogP contribution < -0.4 is 4.74 Å². The van der Waals surface area contributed by atoms with Gasteiger partial charge >= 0.3 is 23.9 Å². The molecule has 1 saturated heterocycles. The van der Waals surface area contributed by atoms with Gasteiger partial charge in [0.2, 0.25) is 0 Å². The Bertz CT molecular complexity index is 2100. The molecule has 2 aromatic carbocycles. The summed E-state index contributed by atoms with van der Waals surface area (Å²) in [5.74, 6) is -6.73. The third-order valence-corrected chi connectivity index (χ3v) is 12.3. The molecule has 1 aliphatic heterocycles. The largest absolute Gasteiger partial charge is 0.497 e. The van der Waals surface area contributed by atoms with Crippen LogP contribution in [0.4, 0.5) is 0 Å². The Morgan fingerprint density at radius 2 is 0.736 bits per heavy atom. The van der Waals surface area contributed by atoms with Crippen molar-refractivity contribution in [2.24, 2.45) is 23.7 Å². The summed E-state index contributed by atoms with van der Waals surface area (Å²) in [4.78, 5) is 120. The van der Waals surface area contributed by atoms with Gasteiger partial charge in [-0.05, 0) is 86.5 Å². The number of ether oxygens (including phenoxy) is 5. The van der Waals surface area contributed by atoms with E-state index >= 15 is 0 Å². The van der Waals surface area contributed by atoms with E-state index in [9.17, 15) is 38.4 Å². The van der Waals surface area contributed by atoms with E-state index in [1.807, 2.05) is 55.4 Å². The molecule has 1 heterocycles. The first-order valence-corrected chi connectivity index (χ1v) is 24.8. The molecule has 3 rings (SSSR count). The Morgan fingerprint density at radius 3 is 1.03 bits per heavy atom. The Labute approximate surface area is 429 Å². The number of esters is 4. The zero-order chi connectivity index (χ0) is 54.7. The quantitative estimate of drug-likeness (QED) is 0.117. The van der Waals surface area contributed by atoms with Crippen LogP contribution in [-0.2, 0) is 70.1 Å². The average Bonchev–Trinajstić information content (AvgIpc) is 3.33. The molecule has 0 bridgehead atoms. The smallest absolute Gasteiger partial charge is 0.329 e. The molecule has 0 saturated carbocycles. The number of carbonyl (C=O) groups is 8. The minimum atomic E-state index is -1.52. The van der Waals surface area contributed by atoms with Gasteiger partial charge in [-0.3, -0.25) is 19.2 Å². The lowest BCUT2D eigenvalue weighted by atomic mass is 10.00. The van der Waals surface area contributed by atoms with Crippen molar-refractivity contribution in [2.45, 2.75) is 156 Å². The van der Waals surface area contributed by atoms with Crippen LogP contribution in [0.1, 0.15) is 107 Å². The number of likely N-dealkylation sites (N-methyl/N-ethyl adjacent to an activating group) is 4. The van der Waals surface area contributed by atoms with Crippen LogP contribution >= 0.6 is 0 Å². The van der Waals surface area contributed by atoms with E-state index < -0.39 is 96.1 Å². The Balaban J connectivity index is 0.00000877. The Hall–Kier alpha value is -6.26. The highest BCUT2D eigenvalue weighted by Gasteiger charge is 2.43. The van der Waals surface area contributed by atoms with Crippen molar-refractivity contribution >= 4 is 47.5 Å². The molecule has 0 aliphatic carbocycles. The van der Waals surface area contributed by atoms with E-state index in [0.29, 0.717) is 16.9 Å². The van der Waals surface area contributed by atoms with Crippen LogP contribution in [0, 0.1) is 23.7 Å². The predicted molar refractivity (Wildman–Crippen MR) is 275 cm³/mol. The van der Waals surface area contributed by atoms with Crippen molar-refractivity contribution in [3.8, 4) is 5.75 Å². The molecule has 8 atom stereocenters. The summed E-state index contributed by atoms with van der Waals surface area (Å²) in [6.45, 7) is 23.5. The number of cyclic esters (lactones) is 4. The van der Waals surface area contributed by atoms with Crippen molar-refractivity contribution in [1.29, 1.82) is 0 Å². The predicted octanol–water partition coefficient (Wildman–Crippen LogP) is 6.72. The molecule has 2 aromatic rings. The van der Waals surface area contributed by atoms with Gasteiger partial charge in [0.15, 0.2) is 24.4 Å². The minimum absolute atomic E-state index is 0. The second-order valence-electron chi connectivity index (χ2n) is 20.1. The second-order valence-corrected chi connectivity index (χ2v) is 20.1. The molecule has 0 N–H and O–H groups in total. The van der Waals surface area contributed by atoms with E-state index in [-0.39, 0.29) is 63.6 Å². The Kier molecular flexibility index (Phi) is 25.2. The van der Waals surface area contributed by atoms with Crippen molar-refractivity contribution in [3.05, 3.63) is 78.9 Å². The maximum atomic E-state index is 14.7. The molecule has 72 heavy (non-hydrogen) atoms. The molecule has 0 unspecified atom stereocenters. The molecule has 17 nitrogen and oxygen atoms in total. The molecule has 0 aromatic heterocycles. The first kappa shape index (κ1) is 61.9. The number of hydrogen-bond donors (Lipinski definition) is 0. The molecule has 0 spiro atoms. The van der Waals surface area contributed by atoms with Gasteiger partial charge in [0.25, 0.3) is 23.6 Å². The van der Waals surface area contributed by atoms with Gasteiger partial charge in [-0.2, -0.15) is 0 Å². The fraction of sp³-hybridized carbons (Fsp3) is 0.600. The van der Waals surface area contributed by atoms with Gasteiger partial charge in [-0.15, -0.1) is 13.2 Å². The second kappa shape index (κ2) is 29.3. The normalized spacial score (nSPS) is 24.2. The zero-order valence-corrected chi connectivity index (χ0v) is 45.4. The topological polar surface area (TPSA) is 196 Å². The van der Waals surface area contributed by atoms with E-state index in [4.69, 9.17) is 23.7 Å². The van der Waals surface area contributed by atoms with Gasteiger partial charge in [0.1, 0.15) is 29.9 Å². The van der Waals surface area contributed by atoms with Crippen LogP contribution in [0.3, 0.4) is 0 Å². The lowest BCUT2D eigenvalue weighted by Crippen LogP contribution is -2.55. The number of carbonyl (C=O) groups excluding carboxylic acids is 8. The van der Waals surface area contributed by atoms with Gasteiger partial charge in [-0.1, -0.05) is 97.9 Å². The van der Waals surface area contributed by atoms with Gasteiger partial charge in [0, 0.05) is 42.5 Å². The number of nitrogens with zero attached hydrogens (tertiary/aromatic N) is 4. The SMILES string of the molecule is C=C.COc1ccc(C[C@H]2OC(=O)[C@H](CC(C)C)N(C)C(=O)[C@@H](C)OC(=O)[C@H](CC(C)C)N(C)C(=O)[C@@H](Cc3ccccc3)OC(=O)[C@H](CC(C)C)N(C)C(=O)[C@@H](C)OC(=O)[C@H](CC(C)C)N(C)C2=O)cc1.[HH]. The molecule has 17 heteroatoms. The van der Waals surface area contributed by atoms with E-state index in [1.165, 1.54) is 49.1 Å². The molecule has 1 fully saturated rings. The standard InChI is InChI=1S/C53H78N4O13.C2H4.H2/c1-31(2)25-40-50(62)67-36(10)47(59)55(12)43(28-34(7)8)53(65)70-45(30-38-21-23-39(66-15)24-22-38)49(61)57(14)41(26-32(3)4)51(63)68-35(9)46(58)54(11)42(27-33(5)6)52(64)69-44(48(60)56(40)13)29-37-19-17-16-18-20-37;1-2;/h16-24,31-36,40-45H,25-30H2,1-15H3;1-2H2;1H/t35-,36-,40+,41+,42+,43+,44-,45-;;/m1../s1. The number of methoxy groups -OCH3 is 1. The highest BCUT2D eigenvalue weighted by molar-refractivity contribution is 5.94. The highest BCUT2D eigenvalue weighted by Crippen LogP contribution is 2.24. The summed E-state index contributed by atoms with van der Waals surface area (Å²) >= 11 is 0.